The Hall–Kier alpha value is -2.14. The van der Waals surface area contributed by atoms with Crippen molar-refractivity contribution in [3.63, 3.8) is 0 Å². The maximum absolute atomic E-state index is 12.6. The number of sulfonamides is 1. The molecule has 0 unspecified atom stereocenters. The van der Waals surface area contributed by atoms with E-state index < -0.39 is 20.7 Å². The lowest BCUT2D eigenvalue weighted by Crippen LogP contribution is -2.34. The van der Waals surface area contributed by atoms with Crippen molar-refractivity contribution < 1.29 is 13.2 Å². The number of carbonyl (C=O) groups is 1. The summed E-state index contributed by atoms with van der Waals surface area (Å²) in [5, 5.41) is 0. The molecular formula is C15H11NO3S. The molecule has 100 valence electrons. The summed E-state index contributed by atoms with van der Waals surface area (Å²) >= 11 is 0. The molecule has 1 N–H and O–H groups in total. The lowest BCUT2D eigenvalue weighted by Gasteiger charge is -2.23. The highest BCUT2D eigenvalue weighted by Crippen LogP contribution is 2.55. The van der Waals surface area contributed by atoms with Crippen molar-refractivity contribution >= 4 is 15.9 Å². The molecule has 0 atom stereocenters. The van der Waals surface area contributed by atoms with Crippen molar-refractivity contribution in [3.8, 4) is 11.1 Å². The minimum Gasteiger partial charge on any atom is -0.274 e. The van der Waals surface area contributed by atoms with E-state index >= 15 is 0 Å². The molecule has 2 aromatic rings. The van der Waals surface area contributed by atoms with Gasteiger partial charge in [0, 0.05) is 0 Å². The average Bonchev–Trinajstić information content (AvgIpc) is 2.85. The van der Waals surface area contributed by atoms with Crippen LogP contribution in [-0.4, -0.2) is 14.3 Å². The number of hydrogen-bond donors (Lipinski definition) is 1. The highest BCUT2D eigenvalue weighted by atomic mass is 32.2. The van der Waals surface area contributed by atoms with E-state index in [1.807, 2.05) is 36.4 Å². The first kappa shape index (κ1) is 11.7. The molecule has 20 heavy (non-hydrogen) atoms. The molecule has 0 bridgehead atoms. The molecule has 1 saturated heterocycles. The highest BCUT2D eigenvalue weighted by molar-refractivity contribution is 7.91. The molecular weight excluding hydrogens is 274 g/mol. The summed E-state index contributed by atoms with van der Waals surface area (Å²) in [4.78, 5) is 11.7. The van der Waals surface area contributed by atoms with Gasteiger partial charge in [-0.15, -0.1) is 0 Å². The van der Waals surface area contributed by atoms with E-state index in [2.05, 4.69) is 4.72 Å². The molecule has 0 radical (unpaired) electrons. The molecule has 1 amide bonds. The lowest BCUT2D eigenvalue weighted by molar-refractivity contribution is -0.118. The number of carbonyl (C=O) groups excluding carboxylic acids is 1. The summed E-state index contributed by atoms with van der Waals surface area (Å²) < 4.78 is 26.1. The maximum atomic E-state index is 12.6. The first-order chi connectivity index (χ1) is 9.56. The van der Waals surface area contributed by atoms with Crippen LogP contribution in [0.15, 0.2) is 48.5 Å². The topological polar surface area (TPSA) is 63.2 Å². The van der Waals surface area contributed by atoms with Crippen molar-refractivity contribution in [2.24, 2.45) is 0 Å². The molecule has 2 aromatic carbocycles. The summed E-state index contributed by atoms with van der Waals surface area (Å²) in [5.41, 5.74) is 3.17. The van der Waals surface area contributed by atoms with Gasteiger partial charge in [0.25, 0.3) is 0 Å². The van der Waals surface area contributed by atoms with Crippen molar-refractivity contribution in [1.29, 1.82) is 0 Å². The SMILES string of the molecule is O=C1CC2(c3ccccc3-c3ccccc32)S(=O)(=O)N1. The predicted molar refractivity (Wildman–Crippen MR) is 74.3 cm³/mol. The fourth-order valence-electron chi connectivity index (χ4n) is 3.36. The predicted octanol–water partition coefficient (Wildman–Crippen LogP) is 1.76. The number of rotatable bonds is 0. The van der Waals surface area contributed by atoms with Crippen LogP contribution >= 0.6 is 0 Å². The van der Waals surface area contributed by atoms with Crippen molar-refractivity contribution in [2.75, 3.05) is 0 Å². The zero-order valence-corrected chi connectivity index (χ0v) is 11.3. The average molecular weight is 285 g/mol. The van der Waals surface area contributed by atoms with Gasteiger partial charge in [0.2, 0.25) is 15.9 Å². The van der Waals surface area contributed by atoms with Crippen LogP contribution < -0.4 is 4.72 Å². The third kappa shape index (κ3) is 1.16. The van der Waals surface area contributed by atoms with Gasteiger partial charge < -0.3 is 0 Å². The molecule has 1 aliphatic heterocycles. The van der Waals surface area contributed by atoms with Crippen LogP contribution in [-0.2, 0) is 19.6 Å². The van der Waals surface area contributed by atoms with Gasteiger partial charge in [0.05, 0.1) is 6.42 Å². The van der Waals surface area contributed by atoms with Crippen LogP contribution in [0, 0.1) is 0 Å². The number of hydrogen-bond acceptors (Lipinski definition) is 3. The Morgan fingerprint density at radius 3 is 1.85 bits per heavy atom. The fraction of sp³-hybridized carbons (Fsp3) is 0.133. The summed E-state index contributed by atoms with van der Waals surface area (Å²) in [6, 6.07) is 14.8. The van der Waals surface area contributed by atoms with Crippen LogP contribution in [0.25, 0.3) is 11.1 Å². The van der Waals surface area contributed by atoms with Gasteiger partial charge >= 0.3 is 0 Å². The zero-order chi connectivity index (χ0) is 14.0. The Labute approximate surface area is 116 Å². The molecule has 1 heterocycles. The molecule has 5 heteroatoms. The van der Waals surface area contributed by atoms with Gasteiger partial charge in [-0.3, -0.25) is 9.52 Å². The summed E-state index contributed by atoms with van der Waals surface area (Å²) in [6.07, 6.45) is -0.0522. The van der Waals surface area contributed by atoms with Gasteiger partial charge in [0.1, 0.15) is 0 Å². The monoisotopic (exact) mass is 285 g/mol. The van der Waals surface area contributed by atoms with E-state index in [0.717, 1.165) is 11.1 Å². The molecule has 1 fully saturated rings. The Balaban J connectivity index is 2.19. The van der Waals surface area contributed by atoms with Gasteiger partial charge in [-0.2, -0.15) is 0 Å². The zero-order valence-electron chi connectivity index (χ0n) is 10.5. The minimum absolute atomic E-state index is 0.0522. The number of amides is 1. The Morgan fingerprint density at radius 1 is 0.900 bits per heavy atom. The summed E-state index contributed by atoms with van der Waals surface area (Å²) in [7, 11) is -3.76. The standard InChI is InChI=1S/C15H11NO3S/c17-14-9-15(20(18,19)16-14)12-7-3-1-5-10(12)11-6-2-4-8-13(11)15/h1-8H,9H2,(H,16,17). The van der Waals surface area contributed by atoms with Crippen LogP contribution in [0.4, 0.5) is 0 Å². The van der Waals surface area contributed by atoms with Gasteiger partial charge in [-0.05, 0) is 22.3 Å². The minimum atomic E-state index is -3.76. The third-order valence-corrected chi connectivity index (χ3v) is 6.13. The van der Waals surface area contributed by atoms with Gasteiger partial charge in [-0.25, -0.2) is 8.42 Å². The summed E-state index contributed by atoms with van der Waals surface area (Å²) in [6.45, 7) is 0. The third-order valence-electron chi connectivity index (χ3n) is 4.13. The smallest absolute Gasteiger partial charge is 0.249 e. The van der Waals surface area contributed by atoms with E-state index in [-0.39, 0.29) is 6.42 Å². The van der Waals surface area contributed by atoms with E-state index in [1.165, 1.54) is 0 Å². The quantitative estimate of drug-likeness (QED) is 0.802. The Morgan fingerprint density at radius 2 is 1.40 bits per heavy atom. The van der Waals surface area contributed by atoms with Gasteiger partial charge in [-0.1, -0.05) is 48.5 Å². The number of nitrogens with one attached hydrogen (secondary N) is 1. The maximum Gasteiger partial charge on any atom is 0.249 e. The van der Waals surface area contributed by atoms with Crippen LogP contribution in [0.3, 0.4) is 0 Å². The van der Waals surface area contributed by atoms with E-state index in [1.54, 1.807) is 12.1 Å². The molecule has 4 nitrogen and oxygen atoms in total. The van der Waals surface area contributed by atoms with E-state index in [0.29, 0.717) is 11.1 Å². The summed E-state index contributed by atoms with van der Waals surface area (Å²) in [5.74, 6) is -0.448. The Bertz CT molecular complexity index is 809. The second-order valence-corrected chi connectivity index (χ2v) is 7.03. The molecule has 1 aliphatic carbocycles. The van der Waals surface area contributed by atoms with Crippen LogP contribution in [0.5, 0.6) is 0 Å². The molecule has 1 spiro atoms. The van der Waals surface area contributed by atoms with Crippen LogP contribution in [0.1, 0.15) is 17.5 Å². The van der Waals surface area contributed by atoms with Crippen molar-refractivity contribution in [2.45, 2.75) is 11.2 Å². The lowest BCUT2D eigenvalue weighted by atomic mass is 9.92. The molecule has 4 rings (SSSR count). The number of fused-ring (bicyclic) bond motifs is 5. The molecule has 2 aliphatic rings. The molecule has 0 aromatic heterocycles. The normalized spacial score (nSPS) is 20.5. The van der Waals surface area contributed by atoms with E-state index in [4.69, 9.17) is 0 Å². The fourth-order valence-corrected chi connectivity index (χ4v) is 5.16. The van der Waals surface area contributed by atoms with Crippen molar-refractivity contribution in [1.82, 2.24) is 4.72 Å². The molecule has 0 saturated carbocycles. The van der Waals surface area contributed by atoms with Gasteiger partial charge in [0.15, 0.2) is 4.75 Å². The first-order valence-electron chi connectivity index (χ1n) is 6.31. The second-order valence-electron chi connectivity index (χ2n) is 5.12. The second kappa shape index (κ2) is 3.49. The first-order valence-corrected chi connectivity index (χ1v) is 7.79. The highest BCUT2D eigenvalue weighted by Gasteiger charge is 2.58. The number of benzene rings is 2. The Kier molecular flexibility index (Phi) is 2.04. The largest absolute Gasteiger partial charge is 0.274 e. The van der Waals surface area contributed by atoms with Crippen LogP contribution in [0.2, 0.25) is 0 Å². The van der Waals surface area contributed by atoms with Crippen molar-refractivity contribution in [3.05, 3.63) is 59.7 Å². The van der Waals surface area contributed by atoms with E-state index in [9.17, 15) is 13.2 Å².